The molecule has 0 spiro atoms. The number of unbranched alkanes of at least 4 members (excludes halogenated alkanes) is 2. The largest absolute Gasteiger partial charge is 0.478 e. The predicted octanol–water partition coefficient (Wildman–Crippen LogP) is 5.71. The third-order valence-corrected chi connectivity index (χ3v) is 5.25. The van der Waals surface area contributed by atoms with Crippen LogP contribution >= 0.6 is 0 Å². The number of hydrogen-bond donors (Lipinski definition) is 1. The highest BCUT2D eigenvalue weighted by atomic mass is 19.3. The van der Waals surface area contributed by atoms with E-state index in [-0.39, 0.29) is 18.4 Å². The lowest BCUT2D eigenvalue weighted by Gasteiger charge is -2.10. The van der Waals surface area contributed by atoms with Crippen molar-refractivity contribution in [3.05, 3.63) is 65.5 Å². The van der Waals surface area contributed by atoms with Crippen LogP contribution in [0.2, 0.25) is 0 Å². The van der Waals surface area contributed by atoms with Gasteiger partial charge in [0.1, 0.15) is 5.82 Å². The Morgan fingerprint density at radius 2 is 1.88 bits per heavy atom. The molecule has 0 radical (unpaired) electrons. The van der Waals surface area contributed by atoms with Crippen LogP contribution < -0.4 is 0 Å². The van der Waals surface area contributed by atoms with Crippen LogP contribution in [0.5, 0.6) is 0 Å². The summed E-state index contributed by atoms with van der Waals surface area (Å²) < 4.78 is 30.4. The van der Waals surface area contributed by atoms with Crippen LogP contribution in [0, 0.1) is 0 Å². The van der Waals surface area contributed by atoms with Crippen molar-refractivity contribution >= 4 is 5.97 Å². The maximum atomic E-state index is 14.4. The van der Waals surface area contributed by atoms with Crippen LogP contribution in [-0.4, -0.2) is 30.8 Å². The molecule has 0 saturated carbocycles. The van der Waals surface area contributed by atoms with E-state index in [0.29, 0.717) is 35.6 Å². The molecule has 0 amide bonds. The first-order chi connectivity index (χ1) is 15.4. The number of nitrogens with zero attached hydrogens (tertiary/aromatic N) is 4. The molecule has 2 aromatic heterocycles. The molecule has 0 saturated heterocycles. The second kappa shape index (κ2) is 10.4. The van der Waals surface area contributed by atoms with E-state index in [1.54, 1.807) is 54.2 Å². The summed E-state index contributed by atoms with van der Waals surface area (Å²) in [5.41, 5.74) is 2.09. The molecule has 6 nitrogen and oxygen atoms in total. The zero-order chi connectivity index (χ0) is 23.1. The van der Waals surface area contributed by atoms with Gasteiger partial charge in [-0.15, -0.1) is 5.10 Å². The van der Waals surface area contributed by atoms with Crippen molar-refractivity contribution in [3.8, 4) is 11.1 Å². The van der Waals surface area contributed by atoms with Crippen molar-refractivity contribution < 1.29 is 18.7 Å². The minimum Gasteiger partial charge on any atom is -0.478 e. The number of aromatic nitrogens is 4. The molecule has 170 valence electrons. The lowest BCUT2D eigenvalue weighted by molar-refractivity contribution is -0.0232. The molecule has 2 heterocycles. The van der Waals surface area contributed by atoms with Crippen LogP contribution in [0.25, 0.3) is 11.1 Å². The lowest BCUT2D eigenvalue weighted by Crippen LogP contribution is -2.15. The molecule has 0 atom stereocenters. The fourth-order valence-electron chi connectivity index (χ4n) is 3.55. The van der Waals surface area contributed by atoms with Crippen molar-refractivity contribution in [2.24, 2.45) is 0 Å². The third-order valence-electron chi connectivity index (χ3n) is 5.25. The monoisotopic (exact) mass is 442 g/mol. The van der Waals surface area contributed by atoms with E-state index in [2.05, 4.69) is 22.0 Å². The van der Waals surface area contributed by atoms with Crippen LogP contribution in [0.1, 0.15) is 73.7 Å². The Balaban J connectivity index is 1.86. The molecule has 0 aliphatic rings. The molecule has 0 bridgehead atoms. The van der Waals surface area contributed by atoms with E-state index in [1.807, 2.05) is 0 Å². The van der Waals surface area contributed by atoms with Gasteiger partial charge in [-0.05, 0) is 30.5 Å². The summed E-state index contributed by atoms with van der Waals surface area (Å²) in [6.45, 7) is 4.32. The molecule has 0 fully saturated rings. The van der Waals surface area contributed by atoms with Crippen LogP contribution in [0.15, 0.2) is 42.6 Å². The first kappa shape index (κ1) is 23.5. The minimum absolute atomic E-state index is 0.195. The summed E-state index contributed by atoms with van der Waals surface area (Å²) in [6, 6.07) is 10.3. The maximum absolute atomic E-state index is 14.4. The number of benzene rings is 1. The Kier molecular flexibility index (Phi) is 7.66. The van der Waals surface area contributed by atoms with Crippen molar-refractivity contribution in [3.63, 3.8) is 0 Å². The number of carbonyl (C=O) groups is 1. The highest BCUT2D eigenvalue weighted by molar-refractivity contribution is 5.95. The molecular weight excluding hydrogens is 414 g/mol. The molecule has 0 aliphatic carbocycles. The Hall–Kier alpha value is -3.16. The van der Waals surface area contributed by atoms with Crippen LogP contribution in [-0.2, 0) is 18.9 Å². The second-order valence-corrected chi connectivity index (χ2v) is 7.80. The SMILES string of the molecule is CCCCCn1nc(C(F)(F)CCC)nc1Cc1ccc(-c2ccccc2C(=O)O)cn1. The molecular formula is C24H28F2N4O2. The Bertz CT molecular complexity index is 1050. The number of pyridine rings is 1. The van der Waals surface area contributed by atoms with Gasteiger partial charge in [-0.2, -0.15) is 8.78 Å². The quantitative estimate of drug-likeness (QED) is 0.385. The molecule has 8 heteroatoms. The van der Waals surface area contributed by atoms with Gasteiger partial charge < -0.3 is 5.11 Å². The summed E-state index contributed by atoms with van der Waals surface area (Å²) in [6.07, 6.45) is 4.75. The number of alkyl halides is 2. The number of carboxylic acids is 1. The topological polar surface area (TPSA) is 80.9 Å². The van der Waals surface area contributed by atoms with E-state index >= 15 is 0 Å². The number of carboxylic acid groups (broad SMARTS) is 1. The van der Waals surface area contributed by atoms with Gasteiger partial charge in [0.05, 0.1) is 5.56 Å². The lowest BCUT2D eigenvalue weighted by atomic mass is 10.0. The zero-order valence-electron chi connectivity index (χ0n) is 18.4. The van der Waals surface area contributed by atoms with Crippen molar-refractivity contribution in [1.29, 1.82) is 0 Å². The number of aromatic carboxylic acids is 1. The smallest absolute Gasteiger partial charge is 0.336 e. The molecule has 0 unspecified atom stereocenters. The first-order valence-electron chi connectivity index (χ1n) is 10.9. The number of halogens is 2. The number of hydrogen-bond acceptors (Lipinski definition) is 4. The summed E-state index contributed by atoms with van der Waals surface area (Å²) in [7, 11) is 0. The van der Waals surface area contributed by atoms with Crippen molar-refractivity contribution in [2.75, 3.05) is 0 Å². The average Bonchev–Trinajstić information content (AvgIpc) is 3.18. The average molecular weight is 443 g/mol. The highest BCUT2D eigenvalue weighted by Crippen LogP contribution is 2.31. The molecule has 0 aliphatic heterocycles. The van der Waals surface area contributed by atoms with Gasteiger partial charge in [-0.3, -0.25) is 4.98 Å². The van der Waals surface area contributed by atoms with Gasteiger partial charge in [-0.1, -0.05) is 51.0 Å². The van der Waals surface area contributed by atoms with E-state index in [0.717, 1.165) is 19.3 Å². The van der Waals surface area contributed by atoms with Gasteiger partial charge in [-0.25, -0.2) is 14.5 Å². The molecule has 32 heavy (non-hydrogen) atoms. The predicted molar refractivity (Wildman–Crippen MR) is 118 cm³/mol. The fourth-order valence-corrected chi connectivity index (χ4v) is 3.55. The van der Waals surface area contributed by atoms with Gasteiger partial charge in [0, 0.05) is 36.8 Å². The van der Waals surface area contributed by atoms with Crippen molar-refractivity contribution in [2.45, 2.75) is 64.8 Å². The molecule has 1 aromatic carbocycles. The van der Waals surface area contributed by atoms with Crippen LogP contribution in [0.4, 0.5) is 8.78 Å². The van der Waals surface area contributed by atoms with Gasteiger partial charge in [0.2, 0.25) is 5.82 Å². The third kappa shape index (κ3) is 5.55. The van der Waals surface area contributed by atoms with E-state index in [1.165, 1.54) is 0 Å². The van der Waals surface area contributed by atoms with E-state index in [4.69, 9.17) is 0 Å². The standard InChI is InChI=1S/C24H28F2N4O2/c1-3-5-8-14-30-21(28-23(29-30)24(25,26)13-4-2)15-18-12-11-17(16-27-18)19-9-6-7-10-20(19)22(31)32/h6-7,9-12,16H,3-5,8,13-15H2,1-2H3,(H,31,32). The van der Waals surface area contributed by atoms with Crippen molar-refractivity contribution in [1.82, 2.24) is 19.7 Å². The second-order valence-electron chi connectivity index (χ2n) is 7.80. The molecule has 1 N–H and O–H groups in total. The van der Waals surface area contributed by atoms with Gasteiger partial charge in [0.15, 0.2) is 0 Å². The van der Waals surface area contributed by atoms with E-state index in [9.17, 15) is 18.7 Å². The normalized spacial score (nSPS) is 11.6. The summed E-state index contributed by atoms with van der Waals surface area (Å²) in [4.78, 5) is 20.1. The summed E-state index contributed by atoms with van der Waals surface area (Å²) in [5, 5.41) is 13.5. The van der Waals surface area contributed by atoms with Gasteiger partial charge >= 0.3 is 11.9 Å². The first-order valence-corrected chi connectivity index (χ1v) is 10.9. The Morgan fingerprint density at radius 1 is 1.09 bits per heavy atom. The number of aryl methyl sites for hydroxylation is 1. The summed E-state index contributed by atoms with van der Waals surface area (Å²) in [5.74, 6) is -4.04. The fraction of sp³-hybridized carbons (Fsp3) is 0.417. The zero-order valence-corrected chi connectivity index (χ0v) is 18.4. The minimum atomic E-state index is -3.06. The molecule has 3 rings (SSSR count). The maximum Gasteiger partial charge on any atom is 0.336 e. The van der Waals surface area contributed by atoms with Crippen LogP contribution in [0.3, 0.4) is 0 Å². The van der Waals surface area contributed by atoms with Gasteiger partial charge in [0.25, 0.3) is 0 Å². The highest BCUT2D eigenvalue weighted by Gasteiger charge is 2.36. The summed E-state index contributed by atoms with van der Waals surface area (Å²) >= 11 is 0. The Labute approximate surface area is 186 Å². The van der Waals surface area contributed by atoms with E-state index < -0.39 is 17.7 Å². The molecule has 3 aromatic rings. The number of rotatable bonds is 11. The Morgan fingerprint density at radius 3 is 2.53 bits per heavy atom.